The number of carbonyl (C=O) groups is 1. The van der Waals surface area contributed by atoms with Crippen LogP contribution in [0.2, 0.25) is 0 Å². The molecule has 0 atom stereocenters. The number of rotatable bonds is 4. The molecular weight excluding hydrogens is 306 g/mol. The Bertz CT molecular complexity index is 853. The van der Waals surface area contributed by atoms with E-state index in [2.05, 4.69) is 31.0 Å². The van der Waals surface area contributed by atoms with Gasteiger partial charge >= 0.3 is 0 Å². The van der Waals surface area contributed by atoms with E-state index in [0.29, 0.717) is 11.6 Å². The van der Waals surface area contributed by atoms with Crippen molar-refractivity contribution in [2.24, 2.45) is 0 Å². The van der Waals surface area contributed by atoms with Gasteiger partial charge in [-0.2, -0.15) is 9.90 Å². The maximum atomic E-state index is 12.3. The zero-order valence-corrected chi connectivity index (χ0v) is 13.6. The molecule has 0 unspecified atom stereocenters. The molecule has 3 aromatic rings. The third kappa shape index (κ3) is 3.37. The Labute approximate surface area is 138 Å². The lowest BCUT2D eigenvalue weighted by Crippen LogP contribution is -2.31. The van der Waals surface area contributed by atoms with Gasteiger partial charge in [-0.3, -0.25) is 15.6 Å². The van der Waals surface area contributed by atoms with E-state index in [4.69, 9.17) is 0 Å². The highest BCUT2D eigenvalue weighted by atomic mass is 16.2. The lowest BCUT2D eigenvalue weighted by Gasteiger charge is -2.07. The minimum Gasteiger partial charge on any atom is -0.265 e. The van der Waals surface area contributed by atoms with Crippen LogP contribution in [0, 0.1) is 20.8 Å². The zero-order valence-electron chi connectivity index (χ0n) is 13.6. The Morgan fingerprint density at radius 3 is 2.33 bits per heavy atom. The highest BCUT2D eigenvalue weighted by molar-refractivity contribution is 5.93. The fourth-order valence-corrected chi connectivity index (χ4v) is 2.22. The van der Waals surface area contributed by atoms with Gasteiger partial charge in [0, 0.05) is 11.4 Å². The molecule has 2 aromatic heterocycles. The number of hydrogen-bond acceptors (Lipinski definition) is 6. The summed E-state index contributed by atoms with van der Waals surface area (Å²) in [5, 5.41) is 8.51. The summed E-state index contributed by atoms with van der Waals surface area (Å²) < 4.78 is 0. The van der Waals surface area contributed by atoms with Crippen molar-refractivity contribution in [3.8, 4) is 5.69 Å². The molecule has 3 rings (SSSR count). The second-order valence-electron chi connectivity index (χ2n) is 5.31. The summed E-state index contributed by atoms with van der Waals surface area (Å²) in [5.74, 6) is -0.0774. The first-order chi connectivity index (χ1) is 11.5. The molecule has 8 heteroatoms. The van der Waals surface area contributed by atoms with Crippen molar-refractivity contribution >= 4 is 11.9 Å². The van der Waals surface area contributed by atoms with Crippen LogP contribution >= 0.6 is 0 Å². The monoisotopic (exact) mass is 323 g/mol. The summed E-state index contributed by atoms with van der Waals surface area (Å²) in [4.78, 5) is 22.1. The topological polar surface area (TPSA) is 97.6 Å². The van der Waals surface area contributed by atoms with Crippen LogP contribution < -0.4 is 10.9 Å². The minimum atomic E-state index is -0.405. The third-order valence-corrected chi connectivity index (χ3v) is 3.25. The van der Waals surface area contributed by atoms with Crippen molar-refractivity contribution in [2.75, 3.05) is 5.43 Å². The fraction of sp³-hybridized carbons (Fsp3) is 0.188. The molecule has 2 N–H and O–H groups in total. The van der Waals surface area contributed by atoms with Crippen molar-refractivity contribution in [1.82, 2.24) is 30.4 Å². The average Bonchev–Trinajstić information content (AvgIpc) is 2.94. The van der Waals surface area contributed by atoms with Gasteiger partial charge in [0.25, 0.3) is 5.91 Å². The number of amides is 1. The van der Waals surface area contributed by atoms with Gasteiger partial charge in [0.2, 0.25) is 5.95 Å². The van der Waals surface area contributed by atoms with Gasteiger partial charge in [-0.05, 0) is 39.0 Å². The Morgan fingerprint density at radius 1 is 1.00 bits per heavy atom. The van der Waals surface area contributed by atoms with E-state index >= 15 is 0 Å². The summed E-state index contributed by atoms with van der Waals surface area (Å²) in [5.41, 5.74) is 8.41. The van der Waals surface area contributed by atoms with Gasteiger partial charge in [0.05, 0.1) is 11.4 Å². The maximum absolute atomic E-state index is 12.3. The average molecular weight is 323 g/mol. The molecule has 122 valence electrons. The number of aryl methyl sites for hydroxylation is 3. The molecule has 0 radical (unpaired) electrons. The summed E-state index contributed by atoms with van der Waals surface area (Å²) in [6.45, 7) is 5.45. The first kappa shape index (κ1) is 15.6. The fourth-order valence-electron chi connectivity index (χ4n) is 2.22. The number of aromatic nitrogens is 5. The van der Waals surface area contributed by atoms with Gasteiger partial charge < -0.3 is 0 Å². The van der Waals surface area contributed by atoms with Crippen LogP contribution in [0.25, 0.3) is 5.69 Å². The quantitative estimate of drug-likeness (QED) is 0.710. The summed E-state index contributed by atoms with van der Waals surface area (Å²) in [7, 11) is 0. The van der Waals surface area contributed by atoms with E-state index in [9.17, 15) is 4.79 Å². The van der Waals surface area contributed by atoms with Crippen molar-refractivity contribution in [1.29, 1.82) is 0 Å². The summed E-state index contributed by atoms with van der Waals surface area (Å²) in [6, 6.07) is 11.2. The second kappa shape index (κ2) is 6.45. The van der Waals surface area contributed by atoms with Crippen molar-refractivity contribution in [2.45, 2.75) is 20.8 Å². The van der Waals surface area contributed by atoms with Crippen LogP contribution in [0.1, 0.15) is 27.6 Å². The van der Waals surface area contributed by atoms with Gasteiger partial charge in [-0.25, -0.2) is 9.97 Å². The van der Waals surface area contributed by atoms with Crippen molar-refractivity contribution in [3.05, 3.63) is 59.2 Å². The molecule has 0 spiro atoms. The number of anilines is 1. The molecule has 2 heterocycles. The number of para-hydroxylation sites is 1. The predicted molar refractivity (Wildman–Crippen MR) is 88.7 cm³/mol. The molecule has 24 heavy (non-hydrogen) atoms. The molecule has 1 aromatic carbocycles. The molecule has 0 fully saturated rings. The number of hydrogen-bond donors (Lipinski definition) is 2. The van der Waals surface area contributed by atoms with Gasteiger partial charge in [-0.15, -0.1) is 5.10 Å². The molecule has 0 bridgehead atoms. The number of nitrogens with zero attached hydrogens (tertiary/aromatic N) is 5. The van der Waals surface area contributed by atoms with E-state index in [1.807, 2.05) is 50.2 Å². The first-order valence-electron chi connectivity index (χ1n) is 7.41. The van der Waals surface area contributed by atoms with E-state index < -0.39 is 5.91 Å². The Hall–Kier alpha value is -3.29. The molecule has 0 aliphatic rings. The van der Waals surface area contributed by atoms with Gasteiger partial charge in [-0.1, -0.05) is 18.2 Å². The molecular formula is C16H17N7O. The molecule has 0 aliphatic carbocycles. The van der Waals surface area contributed by atoms with Crippen LogP contribution in [0.5, 0.6) is 0 Å². The van der Waals surface area contributed by atoms with Crippen LogP contribution in [-0.2, 0) is 0 Å². The van der Waals surface area contributed by atoms with Crippen LogP contribution in [0.4, 0.5) is 5.95 Å². The highest BCUT2D eigenvalue weighted by Gasteiger charge is 2.16. The van der Waals surface area contributed by atoms with Crippen LogP contribution in [0.15, 0.2) is 36.4 Å². The molecule has 0 aliphatic heterocycles. The standard InChI is InChI=1S/C16H17N7O/c1-10-9-11(2)18-16(17-10)20-19-15(24)14-12(3)21-23(22-14)13-7-5-4-6-8-13/h4-9H,1-3H3,(H,19,24)(H,17,18,20). The second-order valence-corrected chi connectivity index (χ2v) is 5.31. The number of benzene rings is 1. The number of carbonyl (C=O) groups excluding carboxylic acids is 1. The lowest BCUT2D eigenvalue weighted by molar-refractivity contribution is 0.0956. The SMILES string of the molecule is Cc1cc(C)nc(NNC(=O)c2nn(-c3ccccc3)nc2C)n1. The normalized spacial score (nSPS) is 10.5. The highest BCUT2D eigenvalue weighted by Crippen LogP contribution is 2.08. The van der Waals surface area contributed by atoms with E-state index in [1.54, 1.807) is 6.92 Å². The van der Waals surface area contributed by atoms with Gasteiger partial charge in [0.15, 0.2) is 5.69 Å². The van der Waals surface area contributed by atoms with E-state index in [0.717, 1.165) is 17.1 Å². The molecule has 0 saturated heterocycles. The molecule has 1 amide bonds. The van der Waals surface area contributed by atoms with Crippen molar-refractivity contribution < 1.29 is 4.79 Å². The summed E-state index contributed by atoms with van der Waals surface area (Å²) in [6.07, 6.45) is 0. The molecule has 0 saturated carbocycles. The van der Waals surface area contributed by atoms with Crippen LogP contribution in [-0.4, -0.2) is 30.9 Å². The number of hydrazine groups is 1. The molecule has 8 nitrogen and oxygen atoms in total. The summed E-state index contributed by atoms with van der Waals surface area (Å²) >= 11 is 0. The van der Waals surface area contributed by atoms with E-state index in [-0.39, 0.29) is 5.69 Å². The Balaban J connectivity index is 1.74. The van der Waals surface area contributed by atoms with Crippen molar-refractivity contribution in [3.63, 3.8) is 0 Å². The largest absolute Gasteiger partial charge is 0.292 e. The first-order valence-corrected chi connectivity index (χ1v) is 7.41. The maximum Gasteiger partial charge on any atom is 0.292 e. The smallest absolute Gasteiger partial charge is 0.265 e. The van der Waals surface area contributed by atoms with Gasteiger partial charge in [0.1, 0.15) is 0 Å². The van der Waals surface area contributed by atoms with E-state index in [1.165, 1.54) is 4.80 Å². The lowest BCUT2D eigenvalue weighted by atomic mass is 10.3. The predicted octanol–water partition coefficient (Wildman–Crippen LogP) is 1.74. The Morgan fingerprint density at radius 2 is 1.67 bits per heavy atom. The zero-order chi connectivity index (χ0) is 17.1. The third-order valence-electron chi connectivity index (χ3n) is 3.25. The number of nitrogens with one attached hydrogen (secondary N) is 2. The van der Waals surface area contributed by atoms with Crippen LogP contribution in [0.3, 0.4) is 0 Å². The minimum absolute atomic E-state index is 0.232. The Kier molecular flexibility index (Phi) is 4.19.